The van der Waals surface area contributed by atoms with Crippen molar-refractivity contribution in [2.24, 2.45) is 23.7 Å². The van der Waals surface area contributed by atoms with Crippen molar-refractivity contribution in [3.05, 3.63) is 12.2 Å². The van der Waals surface area contributed by atoms with Gasteiger partial charge in [0.05, 0.1) is 18.4 Å². The molecule has 2 bridgehead atoms. The first-order valence-corrected chi connectivity index (χ1v) is 6.30. The monoisotopic (exact) mass is 266 g/mol. The highest BCUT2D eigenvalue weighted by Gasteiger charge is 2.51. The van der Waals surface area contributed by atoms with Crippen LogP contribution in [-0.4, -0.2) is 48.4 Å². The van der Waals surface area contributed by atoms with Gasteiger partial charge in [-0.15, -0.1) is 0 Å². The summed E-state index contributed by atoms with van der Waals surface area (Å²) in [5.41, 5.74) is 0. The molecule has 104 valence electrons. The van der Waals surface area contributed by atoms with Crippen molar-refractivity contribution < 1.29 is 19.5 Å². The Balaban J connectivity index is 2.00. The first-order chi connectivity index (χ1) is 8.91. The zero-order valence-electron chi connectivity index (χ0n) is 11.0. The van der Waals surface area contributed by atoms with Gasteiger partial charge in [-0.3, -0.25) is 14.4 Å². The Morgan fingerprint density at radius 3 is 2.32 bits per heavy atom. The van der Waals surface area contributed by atoms with Crippen molar-refractivity contribution in [3.8, 4) is 0 Å². The number of hydrogen-bond donors (Lipinski definition) is 2. The molecule has 0 aromatic heterocycles. The van der Waals surface area contributed by atoms with Crippen LogP contribution in [0.15, 0.2) is 12.2 Å². The first-order valence-electron chi connectivity index (χ1n) is 6.30. The predicted molar refractivity (Wildman–Crippen MR) is 67.1 cm³/mol. The third kappa shape index (κ3) is 2.47. The van der Waals surface area contributed by atoms with E-state index in [0.717, 1.165) is 6.42 Å². The molecular weight excluding hydrogens is 248 g/mol. The van der Waals surface area contributed by atoms with Gasteiger partial charge in [-0.25, -0.2) is 0 Å². The molecule has 0 radical (unpaired) electrons. The molecule has 0 saturated heterocycles. The standard InChI is InChI=1S/C13H18N2O4/c1-15(2)9(16)6-14-12(17)10-7-3-4-8(5-7)11(10)13(18)19/h3-4,7-8,10-11H,5-6H2,1-2H3,(H,14,17)(H,18,19). The summed E-state index contributed by atoms with van der Waals surface area (Å²) in [6.45, 7) is -0.0875. The molecule has 1 fully saturated rings. The zero-order chi connectivity index (χ0) is 14.2. The normalized spacial score (nSPS) is 31.3. The minimum absolute atomic E-state index is 0.0134. The van der Waals surface area contributed by atoms with E-state index in [0.29, 0.717) is 0 Å². The van der Waals surface area contributed by atoms with E-state index in [2.05, 4.69) is 5.32 Å². The highest BCUT2D eigenvalue weighted by Crippen LogP contribution is 2.48. The summed E-state index contributed by atoms with van der Waals surface area (Å²) in [4.78, 5) is 36.2. The molecule has 0 aromatic rings. The van der Waals surface area contributed by atoms with Crippen molar-refractivity contribution in [3.63, 3.8) is 0 Å². The van der Waals surface area contributed by atoms with Gasteiger partial charge in [0, 0.05) is 14.1 Å². The first kappa shape index (κ1) is 13.6. The molecule has 6 nitrogen and oxygen atoms in total. The number of carboxylic acids is 1. The van der Waals surface area contributed by atoms with Gasteiger partial charge in [-0.1, -0.05) is 12.2 Å². The lowest BCUT2D eigenvalue weighted by atomic mass is 9.82. The van der Waals surface area contributed by atoms with E-state index < -0.39 is 17.8 Å². The third-order valence-corrected chi connectivity index (χ3v) is 3.96. The van der Waals surface area contributed by atoms with Crippen molar-refractivity contribution in [1.82, 2.24) is 10.2 Å². The lowest BCUT2D eigenvalue weighted by Gasteiger charge is -2.24. The van der Waals surface area contributed by atoms with E-state index in [1.165, 1.54) is 4.90 Å². The SMILES string of the molecule is CN(C)C(=O)CNC(=O)C1C2C=CC(C2)C1C(=O)O. The van der Waals surface area contributed by atoms with Crippen LogP contribution in [-0.2, 0) is 14.4 Å². The van der Waals surface area contributed by atoms with E-state index in [1.54, 1.807) is 14.1 Å². The average Bonchev–Trinajstić information content (AvgIpc) is 2.94. The second-order valence-corrected chi connectivity index (χ2v) is 5.34. The van der Waals surface area contributed by atoms with Crippen LogP contribution < -0.4 is 5.32 Å². The molecule has 2 aliphatic carbocycles. The number of carboxylic acid groups (broad SMARTS) is 1. The summed E-state index contributed by atoms with van der Waals surface area (Å²) in [5, 5.41) is 11.8. The molecule has 0 heterocycles. The number of aliphatic carboxylic acids is 1. The van der Waals surface area contributed by atoms with Gasteiger partial charge in [0.25, 0.3) is 0 Å². The molecule has 2 N–H and O–H groups in total. The van der Waals surface area contributed by atoms with Crippen molar-refractivity contribution >= 4 is 17.8 Å². The van der Waals surface area contributed by atoms with Crippen LogP contribution in [0.1, 0.15) is 6.42 Å². The minimum atomic E-state index is -0.934. The Kier molecular flexibility index (Phi) is 3.59. The van der Waals surface area contributed by atoms with E-state index in [1.807, 2.05) is 12.2 Å². The predicted octanol–water partition coefficient (Wildman–Crippen LogP) is -0.286. The number of allylic oxidation sites excluding steroid dienone is 2. The largest absolute Gasteiger partial charge is 0.481 e. The fraction of sp³-hybridized carbons (Fsp3) is 0.615. The van der Waals surface area contributed by atoms with Crippen molar-refractivity contribution in [1.29, 1.82) is 0 Å². The van der Waals surface area contributed by atoms with Crippen LogP contribution >= 0.6 is 0 Å². The van der Waals surface area contributed by atoms with Crippen LogP contribution in [0.3, 0.4) is 0 Å². The molecule has 2 amide bonds. The van der Waals surface area contributed by atoms with Gasteiger partial charge in [-0.05, 0) is 18.3 Å². The second kappa shape index (κ2) is 5.03. The number of nitrogens with one attached hydrogen (secondary N) is 1. The molecule has 2 rings (SSSR count). The Labute approximate surface area is 111 Å². The smallest absolute Gasteiger partial charge is 0.307 e. The summed E-state index contributed by atoms with van der Waals surface area (Å²) in [5.74, 6) is -2.76. The molecule has 1 saturated carbocycles. The number of hydrogen-bond acceptors (Lipinski definition) is 3. The highest BCUT2D eigenvalue weighted by atomic mass is 16.4. The lowest BCUT2D eigenvalue weighted by Crippen LogP contribution is -2.43. The van der Waals surface area contributed by atoms with Gasteiger partial charge >= 0.3 is 5.97 Å². The maximum atomic E-state index is 12.1. The van der Waals surface area contributed by atoms with E-state index in [-0.39, 0.29) is 30.2 Å². The molecule has 0 aliphatic heterocycles. The van der Waals surface area contributed by atoms with Gasteiger partial charge in [0.1, 0.15) is 0 Å². The lowest BCUT2D eigenvalue weighted by molar-refractivity contribution is -0.147. The van der Waals surface area contributed by atoms with E-state index >= 15 is 0 Å². The molecule has 0 spiro atoms. The number of fused-ring (bicyclic) bond motifs is 2. The average molecular weight is 266 g/mol. The van der Waals surface area contributed by atoms with E-state index in [9.17, 15) is 19.5 Å². The van der Waals surface area contributed by atoms with Gasteiger partial charge in [0.2, 0.25) is 11.8 Å². The van der Waals surface area contributed by atoms with E-state index in [4.69, 9.17) is 0 Å². The maximum Gasteiger partial charge on any atom is 0.307 e. The molecule has 6 heteroatoms. The molecule has 4 unspecified atom stereocenters. The molecular formula is C13H18N2O4. The number of amides is 2. The molecule has 4 atom stereocenters. The van der Waals surface area contributed by atoms with Gasteiger partial charge in [0.15, 0.2) is 0 Å². The number of nitrogens with zero attached hydrogens (tertiary/aromatic N) is 1. The quantitative estimate of drug-likeness (QED) is 0.685. The molecule has 0 aromatic carbocycles. The number of carbonyl (C=O) groups excluding carboxylic acids is 2. The number of carbonyl (C=O) groups is 3. The summed E-state index contributed by atoms with van der Waals surface area (Å²) in [7, 11) is 3.21. The Bertz CT molecular complexity index is 444. The molecule has 2 aliphatic rings. The van der Waals surface area contributed by atoms with Crippen LogP contribution in [0.2, 0.25) is 0 Å². The fourth-order valence-electron chi connectivity index (χ4n) is 2.96. The van der Waals surface area contributed by atoms with Crippen LogP contribution in [0.4, 0.5) is 0 Å². The summed E-state index contributed by atoms with van der Waals surface area (Å²) < 4.78 is 0. The zero-order valence-corrected chi connectivity index (χ0v) is 11.0. The van der Waals surface area contributed by atoms with Crippen molar-refractivity contribution in [2.45, 2.75) is 6.42 Å². The van der Waals surface area contributed by atoms with Crippen LogP contribution in [0, 0.1) is 23.7 Å². The summed E-state index contributed by atoms with van der Waals surface area (Å²) in [6, 6.07) is 0. The third-order valence-electron chi connectivity index (χ3n) is 3.96. The Hall–Kier alpha value is -1.85. The van der Waals surface area contributed by atoms with Crippen LogP contribution in [0.25, 0.3) is 0 Å². The summed E-state index contributed by atoms with van der Waals surface area (Å²) in [6.07, 6.45) is 4.52. The topological polar surface area (TPSA) is 86.7 Å². The summed E-state index contributed by atoms with van der Waals surface area (Å²) >= 11 is 0. The fourth-order valence-corrected chi connectivity index (χ4v) is 2.96. The van der Waals surface area contributed by atoms with Crippen LogP contribution in [0.5, 0.6) is 0 Å². The molecule has 19 heavy (non-hydrogen) atoms. The number of rotatable bonds is 4. The Morgan fingerprint density at radius 1 is 1.21 bits per heavy atom. The van der Waals surface area contributed by atoms with Gasteiger partial charge in [-0.2, -0.15) is 0 Å². The highest BCUT2D eigenvalue weighted by molar-refractivity contribution is 5.89. The van der Waals surface area contributed by atoms with Crippen molar-refractivity contribution in [2.75, 3.05) is 20.6 Å². The second-order valence-electron chi connectivity index (χ2n) is 5.34. The number of likely N-dealkylation sites (N-methyl/N-ethyl adjacent to an activating group) is 1. The minimum Gasteiger partial charge on any atom is -0.481 e. The Morgan fingerprint density at radius 2 is 1.79 bits per heavy atom. The van der Waals surface area contributed by atoms with Gasteiger partial charge < -0.3 is 15.3 Å². The maximum absolute atomic E-state index is 12.1.